The second-order valence-electron chi connectivity index (χ2n) is 7.85. The van der Waals surface area contributed by atoms with E-state index in [1.165, 1.54) is 12.0 Å². The van der Waals surface area contributed by atoms with Crippen molar-refractivity contribution in [2.45, 2.75) is 10.5 Å². The van der Waals surface area contributed by atoms with E-state index in [9.17, 15) is 0 Å². The molecule has 0 spiro atoms. The summed E-state index contributed by atoms with van der Waals surface area (Å²) in [5.74, 6) is 4.87. The highest BCUT2D eigenvalue weighted by Crippen LogP contribution is 2.52. The van der Waals surface area contributed by atoms with E-state index in [1.807, 2.05) is 53.9 Å². The molecule has 3 aromatic rings. The van der Waals surface area contributed by atoms with Crippen LogP contribution >= 0.6 is 23.5 Å². The van der Waals surface area contributed by atoms with Crippen LogP contribution in [0.5, 0.6) is 17.2 Å². The van der Waals surface area contributed by atoms with Crippen molar-refractivity contribution in [3.63, 3.8) is 0 Å². The highest BCUT2D eigenvalue weighted by Gasteiger charge is 2.33. The lowest BCUT2D eigenvalue weighted by atomic mass is 9.97. The quantitative estimate of drug-likeness (QED) is 0.306. The number of hydrogen-bond acceptors (Lipinski definition) is 5. The van der Waals surface area contributed by atoms with Crippen LogP contribution in [0.2, 0.25) is 0 Å². The van der Waals surface area contributed by atoms with Gasteiger partial charge in [0.2, 0.25) is 0 Å². The topological polar surface area (TPSA) is 27.7 Å². The van der Waals surface area contributed by atoms with Crippen molar-refractivity contribution in [2.75, 3.05) is 32.8 Å². The van der Waals surface area contributed by atoms with E-state index in [0.717, 1.165) is 45.5 Å². The lowest BCUT2D eigenvalue weighted by Gasteiger charge is -2.34. The Labute approximate surface area is 211 Å². The van der Waals surface area contributed by atoms with Gasteiger partial charge in [-0.3, -0.25) is 0 Å². The van der Waals surface area contributed by atoms with Gasteiger partial charge in [0.05, 0.1) is 21.3 Å². The number of ether oxygens (including phenoxy) is 3. The van der Waals surface area contributed by atoms with E-state index in [0.29, 0.717) is 0 Å². The van der Waals surface area contributed by atoms with Crippen LogP contribution in [0.15, 0.2) is 91.0 Å². The maximum absolute atomic E-state index is 5.51. The Morgan fingerprint density at radius 1 is 0.735 bits per heavy atom. The zero-order valence-corrected chi connectivity index (χ0v) is 21.5. The van der Waals surface area contributed by atoms with Gasteiger partial charge in [-0.25, -0.2) is 0 Å². The molecule has 0 aromatic heterocycles. The molecule has 1 aliphatic heterocycles. The normalized spacial score (nSPS) is 15.0. The smallest absolute Gasteiger partial charge is 0.119 e. The summed E-state index contributed by atoms with van der Waals surface area (Å²) >= 11 is 3.99. The van der Waals surface area contributed by atoms with Crippen LogP contribution in [0.3, 0.4) is 0 Å². The molecule has 0 aliphatic carbocycles. The summed E-state index contributed by atoms with van der Waals surface area (Å²) in [6.07, 6.45) is 7.98. The summed E-state index contributed by atoms with van der Waals surface area (Å²) < 4.78 is 16.1. The van der Waals surface area contributed by atoms with Gasteiger partial charge in [0, 0.05) is 0 Å². The van der Waals surface area contributed by atoms with E-state index in [-0.39, 0.29) is 4.08 Å². The summed E-state index contributed by atoms with van der Waals surface area (Å²) in [6.45, 7) is 0. The summed E-state index contributed by atoms with van der Waals surface area (Å²) in [4.78, 5) is 0. The fraction of sp³-hybridized carbons (Fsp3) is 0.241. The van der Waals surface area contributed by atoms with E-state index in [4.69, 9.17) is 14.2 Å². The Kier molecular flexibility index (Phi) is 8.30. The van der Waals surface area contributed by atoms with E-state index in [1.54, 1.807) is 21.3 Å². The van der Waals surface area contributed by atoms with Crippen molar-refractivity contribution in [1.29, 1.82) is 0 Å². The molecule has 1 fully saturated rings. The third-order valence-corrected chi connectivity index (χ3v) is 9.07. The maximum Gasteiger partial charge on any atom is 0.119 e. The zero-order chi connectivity index (χ0) is 23.8. The third-order valence-electron chi connectivity index (χ3n) is 5.77. The predicted molar refractivity (Wildman–Crippen MR) is 146 cm³/mol. The van der Waals surface area contributed by atoms with Crippen LogP contribution in [0.1, 0.15) is 23.1 Å². The molecule has 1 aliphatic rings. The minimum Gasteiger partial charge on any atom is -0.497 e. The summed E-state index contributed by atoms with van der Waals surface area (Å²) in [5.41, 5.74) is 4.68. The molecule has 3 aromatic carbocycles. The number of allylic oxidation sites excluding steroid dienone is 2. The molecule has 1 saturated heterocycles. The van der Waals surface area contributed by atoms with Gasteiger partial charge in [0.1, 0.15) is 21.3 Å². The maximum atomic E-state index is 5.51. The molecule has 0 saturated carbocycles. The fourth-order valence-corrected chi connectivity index (χ4v) is 7.06. The Morgan fingerprint density at radius 2 is 1.29 bits per heavy atom. The summed E-state index contributed by atoms with van der Waals surface area (Å²) in [5, 5.41) is 0. The van der Waals surface area contributed by atoms with Crippen LogP contribution < -0.4 is 14.2 Å². The highest BCUT2D eigenvalue weighted by atomic mass is 32.2. The first-order valence-electron chi connectivity index (χ1n) is 11.3. The monoisotopic (exact) mass is 490 g/mol. The average molecular weight is 491 g/mol. The van der Waals surface area contributed by atoms with Crippen molar-refractivity contribution < 1.29 is 14.2 Å². The Hall–Kier alpha value is -2.76. The lowest BCUT2D eigenvalue weighted by molar-refractivity contribution is 0.414. The van der Waals surface area contributed by atoms with Crippen LogP contribution in [-0.4, -0.2) is 32.8 Å². The standard InChI is InChI=1S/C29H30O3S2/c1-30-25-14-10-22(11-15-25)28(23-12-16-26(31-2)17-13-23)9-5-18-29(33-19-6-20-34-29)24-7-4-8-27(21-24)32-3/h4-5,7-18,21H,6,19-20H2,1-3H3. The van der Waals surface area contributed by atoms with Gasteiger partial charge in [0.15, 0.2) is 0 Å². The molecular weight excluding hydrogens is 460 g/mol. The largest absolute Gasteiger partial charge is 0.497 e. The molecule has 0 atom stereocenters. The van der Waals surface area contributed by atoms with Crippen molar-refractivity contribution in [3.05, 3.63) is 108 Å². The van der Waals surface area contributed by atoms with E-state index < -0.39 is 0 Å². The first kappa shape index (κ1) is 24.4. The first-order valence-corrected chi connectivity index (χ1v) is 13.3. The minimum atomic E-state index is -0.131. The van der Waals surface area contributed by atoms with E-state index in [2.05, 4.69) is 60.7 Å². The highest BCUT2D eigenvalue weighted by molar-refractivity contribution is 8.18. The molecule has 176 valence electrons. The second-order valence-corrected chi connectivity index (χ2v) is 10.8. The Balaban J connectivity index is 1.73. The van der Waals surface area contributed by atoms with Gasteiger partial charge in [-0.1, -0.05) is 54.6 Å². The van der Waals surface area contributed by atoms with Gasteiger partial charge in [0.25, 0.3) is 0 Å². The number of hydrogen-bond donors (Lipinski definition) is 0. The molecular formula is C29H30O3S2. The molecule has 1 heterocycles. The van der Waals surface area contributed by atoms with E-state index >= 15 is 0 Å². The SMILES string of the molecule is COc1ccc(C(=CC=CC2(c3cccc(OC)c3)SCCCS2)c2ccc(OC)cc2)cc1. The average Bonchev–Trinajstić information content (AvgIpc) is 2.92. The van der Waals surface area contributed by atoms with Gasteiger partial charge in [-0.2, -0.15) is 0 Å². The van der Waals surface area contributed by atoms with Crippen molar-refractivity contribution >= 4 is 29.1 Å². The molecule has 0 bridgehead atoms. The first-order chi connectivity index (χ1) is 16.7. The van der Waals surface area contributed by atoms with Crippen LogP contribution in [0, 0.1) is 0 Å². The molecule has 5 heteroatoms. The molecule has 0 N–H and O–H groups in total. The lowest BCUT2D eigenvalue weighted by Crippen LogP contribution is -2.20. The Bertz CT molecular complexity index is 1080. The number of thioether (sulfide) groups is 2. The fourth-order valence-electron chi connectivity index (χ4n) is 3.92. The number of rotatable bonds is 8. The molecule has 0 amide bonds. The Morgan fingerprint density at radius 3 is 1.82 bits per heavy atom. The molecule has 0 unspecified atom stereocenters. The summed E-state index contributed by atoms with van der Waals surface area (Å²) in [7, 11) is 5.10. The third kappa shape index (κ3) is 5.65. The minimum absolute atomic E-state index is 0.131. The van der Waals surface area contributed by atoms with Crippen LogP contribution in [0.4, 0.5) is 0 Å². The van der Waals surface area contributed by atoms with Crippen LogP contribution in [-0.2, 0) is 4.08 Å². The zero-order valence-electron chi connectivity index (χ0n) is 19.8. The number of benzene rings is 3. The number of methoxy groups -OCH3 is 3. The van der Waals surface area contributed by atoms with Crippen LogP contribution in [0.25, 0.3) is 5.57 Å². The molecule has 0 radical (unpaired) electrons. The van der Waals surface area contributed by atoms with Gasteiger partial charge < -0.3 is 14.2 Å². The molecule has 34 heavy (non-hydrogen) atoms. The van der Waals surface area contributed by atoms with Crippen molar-refractivity contribution in [1.82, 2.24) is 0 Å². The second kappa shape index (κ2) is 11.6. The van der Waals surface area contributed by atoms with Gasteiger partial charge in [-0.15, -0.1) is 23.5 Å². The molecule has 4 rings (SSSR count). The van der Waals surface area contributed by atoms with Gasteiger partial charge >= 0.3 is 0 Å². The van der Waals surface area contributed by atoms with Crippen molar-refractivity contribution in [2.24, 2.45) is 0 Å². The molecule has 3 nitrogen and oxygen atoms in total. The predicted octanol–water partition coefficient (Wildman–Crippen LogP) is 7.42. The summed E-state index contributed by atoms with van der Waals surface area (Å²) in [6, 6.07) is 24.9. The van der Waals surface area contributed by atoms with Gasteiger partial charge in [-0.05, 0) is 76.6 Å². The van der Waals surface area contributed by atoms with Crippen molar-refractivity contribution in [3.8, 4) is 17.2 Å².